The van der Waals surface area contributed by atoms with E-state index in [0.717, 1.165) is 66.4 Å². The maximum Gasteiger partial charge on any atom is 0.259 e. The monoisotopic (exact) mass is 1380 g/mol. The number of para-hydroxylation sites is 1. The van der Waals surface area contributed by atoms with Crippen molar-refractivity contribution < 1.29 is 55.9 Å². The van der Waals surface area contributed by atoms with Crippen LogP contribution in [0.3, 0.4) is 0 Å². The molecule has 6 amide bonds. The molecule has 0 saturated carbocycles. The van der Waals surface area contributed by atoms with Crippen LogP contribution in [0.5, 0.6) is 0 Å². The average Bonchev–Trinajstić information content (AvgIpc) is 0.900. The van der Waals surface area contributed by atoms with Crippen LogP contribution in [0, 0.1) is 34.5 Å². The van der Waals surface area contributed by atoms with Crippen molar-refractivity contribution >= 4 is 127 Å². The van der Waals surface area contributed by atoms with Crippen LogP contribution < -0.4 is 43.4 Å². The highest BCUT2D eigenvalue weighted by Gasteiger charge is 2.24. The number of carbonyl (C=O) groups is 6. The third-order valence-corrected chi connectivity index (χ3v) is 14.2. The van der Waals surface area contributed by atoms with Crippen molar-refractivity contribution in [3.8, 4) is 0 Å². The van der Waals surface area contributed by atoms with Crippen LogP contribution in [0.2, 0.25) is 10.0 Å². The number of nitrogens with one attached hydrogen (secondary N) is 7. The first-order valence-corrected chi connectivity index (χ1v) is 28.9. The quantitative estimate of drug-likeness (QED) is 0.0150. The lowest BCUT2D eigenvalue weighted by Crippen LogP contribution is -2.42. The molecule has 0 spiro atoms. The largest absolute Gasteiger partial charge is 0.409 e. The topological polar surface area (TPSA) is 337 Å². The molecule has 9 aromatic rings. The van der Waals surface area contributed by atoms with Gasteiger partial charge in [0.25, 0.3) is 35.4 Å². The van der Waals surface area contributed by atoms with Gasteiger partial charge in [0.2, 0.25) is 0 Å². The highest BCUT2D eigenvalue weighted by Crippen LogP contribution is 2.26. The Labute approximate surface area is 549 Å². The van der Waals surface area contributed by atoms with Crippen molar-refractivity contribution in [3.05, 3.63) is 264 Å². The van der Waals surface area contributed by atoms with Crippen LogP contribution in [-0.4, -0.2) is 98.1 Å². The molecule has 0 radical (unpaired) electrons. The van der Waals surface area contributed by atoms with Gasteiger partial charge < -0.3 is 53.5 Å². The molecule has 3 aromatic heterocycles. The molecule has 1 saturated heterocycles. The number of amidine groups is 3. The van der Waals surface area contributed by atoms with Gasteiger partial charge in [-0.25, -0.2) is 36.9 Å². The fourth-order valence-corrected chi connectivity index (χ4v) is 8.82. The summed E-state index contributed by atoms with van der Waals surface area (Å²) in [5.74, 6) is -7.59. The Morgan fingerprint density at radius 2 is 0.883 bits per heavy atom. The van der Waals surface area contributed by atoms with Gasteiger partial charge in [0.15, 0.2) is 5.84 Å². The van der Waals surface area contributed by atoms with E-state index in [1.165, 1.54) is 86.2 Å². The van der Waals surface area contributed by atoms with Crippen LogP contribution in [-0.2, 0) is 0 Å². The van der Waals surface area contributed by atoms with Crippen molar-refractivity contribution in [2.45, 2.75) is 6.42 Å². The van der Waals surface area contributed by atoms with Gasteiger partial charge >= 0.3 is 0 Å². The third kappa shape index (κ3) is 17.9. The summed E-state index contributed by atoms with van der Waals surface area (Å²) in [6, 6.07) is 33.2. The Bertz CT molecular complexity index is 4270. The highest BCUT2D eigenvalue weighted by molar-refractivity contribution is 9.10. The van der Waals surface area contributed by atoms with E-state index in [4.69, 9.17) is 45.3 Å². The summed E-state index contributed by atoms with van der Waals surface area (Å²) < 4.78 is 71.7. The first-order valence-electron chi connectivity index (χ1n) is 27.3. The summed E-state index contributed by atoms with van der Waals surface area (Å²) in [4.78, 5) is 93.3. The number of halogens is 8. The molecule has 1 fully saturated rings. The smallest absolute Gasteiger partial charge is 0.259 e. The van der Waals surface area contributed by atoms with E-state index in [1.807, 2.05) is 4.90 Å². The van der Waals surface area contributed by atoms with Crippen molar-refractivity contribution in [2.75, 3.05) is 52.0 Å². The lowest BCUT2D eigenvalue weighted by Gasteiger charge is -2.33. The van der Waals surface area contributed by atoms with Gasteiger partial charge in [-0.2, -0.15) is 0 Å². The number of hydrogen-bond acceptors (Lipinski definition) is 13. The summed E-state index contributed by atoms with van der Waals surface area (Å²) in [6.07, 6.45) is 5.20. The maximum atomic E-state index is 14.7. The Morgan fingerprint density at radius 3 is 1.28 bits per heavy atom. The Hall–Kier alpha value is -11.5. The van der Waals surface area contributed by atoms with Crippen molar-refractivity contribution in [3.63, 3.8) is 0 Å². The predicted octanol–water partition coefficient (Wildman–Crippen LogP) is 12.0. The molecule has 478 valence electrons. The van der Waals surface area contributed by atoms with E-state index in [9.17, 15) is 50.7 Å². The number of amides is 6. The first-order chi connectivity index (χ1) is 45.0. The summed E-state index contributed by atoms with van der Waals surface area (Å²) in [5.41, 5.74) is 11.0. The van der Waals surface area contributed by atoms with Gasteiger partial charge in [-0.15, -0.1) is 0 Å². The molecule has 1 aliphatic rings. The molecular formula is C64H49BrCl2F5N15O7. The van der Waals surface area contributed by atoms with Gasteiger partial charge in [0.1, 0.15) is 58.2 Å². The minimum absolute atomic E-state index is 0.0176. The second-order valence-corrected chi connectivity index (χ2v) is 21.4. The molecule has 22 nitrogen and oxygen atoms in total. The number of hydrogen-bond donors (Lipinski definition) is 10. The van der Waals surface area contributed by atoms with Gasteiger partial charge in [-0.3, -0.25) is 39.2 Å². The number of likely N-dealkylation sites (tertiary alicyclic amines) is 1. The molecule has 6 aromatic carbocycles. The van der Waals surface area contributed by atoms with Gasteiger partial charge in [0.05, 0.1) is 60.5 Å². The molecule has 1 aliphatic heterocycles. The lowest BCUT2D eigenvalue weighted by molar-refractivity contribution is 0.100. The number of rotatable bonds is 15. The minimum atomic E-state index is -0.944. The molecule has 94 heavy (non-hydrogen) atoms. The number of oxime groups is 1. The Kier molecular flexibility index (Phi) is 22.9. The number of benzene rings is 6. The molecule has 10 rings (SSSR count). The molecular weight excluding hydrogens is 1340 g/mol. The van der Waals surface area contributed by atoms with Crippen LogP contribution in [0.1, 0.15) is 85.3 Å². The van der Waals surface area contributed by atoms with Crippen LogP contribution in [0.15, 0.2) is 185 Å². The first kappa shape index (κ1) is 68.4. The second kappa shape index (κ2) is 31.5. The van der Waals surface area contributed by atoms with Crippen molar-refractivity contribution in [2.24, 2.45) is 21.6 Å². The predicted molar refractivity (Wildman–Crippen MR) is 349 cm³/mol. The summed E-state index contributed by atoms with van der Waals surface area (Å²) in [5, 5.41) is 35.3. The fourth-order valence-electron chi connectivity index (χ4n) is 8.36. The van der Waals surface area contributed by atoms with Gasteiger partial charge in [-0.05, 0) is 144 Å². The molecule has 0 bridgehead atoms. The van der Waals surface area contributed by atoms with E-state index in [2.05, 4.69) is 72.9 Å². The maximum absolute atomic E-state index is 14.7. The average molecular weight is 1390 g/mol. The molecule has 0 aliphatic carbocycles. The molecule has 4 heterocycles. The number of aliphatic imine (C=N–C) groups is 1. The summed E-state index contributed by atoms with van der Waals surface area (Å²) in [6.45, 7) is 1.55. The van der Waals surface area contributed by atoms with Gasteiger partial charge in [-0.1, -0.05) is 58.7 Å². The minimum Gasteiger partial charge on any atom is -0.409 e. The zero-order chi connectivity index (χ0) is 67.8. The molecule has 0 atom stereocenters. The Balaban J connectivity index is 0.000000181. The Morgan fingerprint density at radius 1 is 0.489 bits per heavy atom. The molecule has 30 heteroatoms. The third-order valence-electron chi connectivity index (χ3n) is 13.3. The van der Waals surface area contributed by atoms with E-state index in [-0.39, 0.29) is 85.1 Å². The molecule has 0 unspecified atom stereocenters. The number of carbonyl (C=O) groups excluding carboxylic acids is 6. The van der Waals surface area contributed by atoms with Gasteiger partial charge in [0, 0.05) is 59.9 Å². The fraction of sp³-hybridized carbons (Fsp3) is 0.0625. The second-order valence-electron chi connectivity index (χ2n) is 19.6. The summed E-state index contributed by atoms with van der Waals surface area (Å²) in [7, 11) is 1.45. The number of aromatic nitrogens is 3. The van der Waals surface area contributed by atoms with E-state index < -0.39 is 64.5 Å². The number of nitrogens with two attached hydrogens (primary N) is 2. The standard InChI is InChI=1S/C23H19BrFN5O2.C21H16ClF2N5O2.C20H14ClF2N5O3/c24-15-7-9-20(27-13-15)29-23(32)17-4-1-2-5-19(17)28-22(31)16-8-6-14(12-18(16)25)21(26)30-10-3-11-30;1-26-19(25)11-2-5-14(16(24)8-11)20(30)28-17-6-4-13(23)9-15(17)21(31)29-18-7-3-12(22)10-27-18;21-11-2-6-17(25-9-11)27-20(30)14-8-12(22)3-5-16(14)26-19(29)13-4-1-10(7-15(13)23)18(24)28-31/h1-2,4-9,12-13,26H,3,10-11H2,(H,28,31)(H,27,29,32);2-10H,1H3,(H2,25,26)(H,28,30)(H,27,29,31);1-9,31H,(H2,24,28)(H,26,29)(H,25,27,30). The zero-order valence-electron chi connectivity index (χ0n) is 48.5. The van der Waals surface area contributed by atoms with Crippen LogP contribution >= 0.6 is 39.1 Å². The molecule has 12 N–H and O–H groups in total. The van der Waals surface area contributed by atoms with E-state index >= 15 is 0 Å². The SMILES string of the molecule is CN=C(N)c1ccc(C(=O)Nc2ccc(F)cc2C(=O)Nc2ccc(Cl)cn2)c(F)c1.N/C(=N/O)c1ccc(C(=O)Nc2ccc(F)cc2C(=O)Nc2ccc(Cl)cn2)c(F)c1.N=C(c1ccc(C(=O)Nc2ccccc2C(=O)Nc2ccc(Br)cn2)c(F)c1)N1CCC1. The van der Waals surface area contributed by atoms with Crippen LogP contribution in [0.4, 0.5) is 56.5 Å². The number of nitrogens with zero attached hydrogens (tertiary/aromatic N) is 6. The van der Waals surface area contributed by atoms with Crippen molar-refractivity contribution in [1.29, 1.82) is 5.41 Å². The zero-order valence-corrected chi connectivity index (χ0v) is 51.6. The normalized spacial score (nSPS) is 11.6. The summed E-state index contributed by atoms with van der Waals surface area (Å²) >= 11 is 14.8. The number of pyridine rings is 3. The lowest BCUT2D eigenvalue weighted by atomic mass is 10.1. The van der Waals surface area contributed by atoms with Crippen molar-refractivity contribution in [1.82, 2.24) is 19.9 Å². The highest BCUT2D eigenvalue weighted by atomic mass is 79.9. The number of anilines is 6. The van der Waals surface area contributed by atoms with Crippen LogP contribution in [0.25, 0.3) is 0 Å². The van der Waals surface area contributed by atoms with E-state index in [1.54, 1.807) is 48.7 Å². The van der Waals surface area contributed by atoms with E-state index in [0.29, 0.717) is 27.0 Å².